The van der Waals surface area contributed by atoms with E-state index in [9.17, 15) is 9.59 Å². The number of amides is 1. The first-order valence-electron chi connectivity index (χ1n) is 9.67. The molecule has 1 N–H and O–H groups in total. The van der Waals surface area contributed by atoms with Gasteiger partial charge in [0.05, 0.1) is 6.61 Å². The topological polar surface area (TPSA) is 71.5 Å². The number of rotatable bonds is 6. The van der Waals surface area contributed by atoms with Crippen LogP contribution >= 0.6 is 11.6 Å². The van der Waals surface area contributed by atoms with Crippen molar-refractivity contribution in [1.82, 2.24) is 9.88 Å². The molecule has 1 aliphatic heterocycles. The van der Waals surface area contributed by atoms with E-state index in [0.29, 0.717) is 30.3 Å². The lowest BCUT2D eigenvalue weighted by atomic mass is 10.0. The minimum absolute atomic E-state index is 0.0379. The average molecular weight is 414 g/mol. The summed E-state index contributed by atoms with van der Waals surface area (Å²) in [4.78, 5) is 30.2. The number of pyridine rings is 1. The number of esters is 1. The molecular formula is C22H24ClN3O3. The first kappa shape index (κ1) is 20.9. The zero-order chi connectivity index (χ0) is 20.6. The summed E-state index contributed by atoms with van der Waals surface area (Å²) in [6.45, 7) is 3.51. The third-order valence-electron chi connectivity index (χ3n) is 4.71. The third kappa shape index (κ3) is 6.06. The molecule has 0 spiro atoms. The van der Waals surface area contributed by atoms with Gasteiger partial charge in [0, 0.05) is 42.0 Å². The Kier molecular flexibility index (Phi) is 7.25. The van der Waals surface area contributed by atoms with Crippen molar-refractivity contribution in [2.75, 3.05) is 25.0 Å². The second-order valence-corrected chi connectivity index (χ2v) is 7.22. The summed E-state index contributed by atoms with van der Waals surface area (Å²) in [5, 5.41) is 4.04. The van der Waals surface area contributed by atoms with Gasteiger partial charge in [-0.15, -0.1) is 0 Å². The van der Waals surface area contributed by atoms with E-state index in [4.69, 9.17) is 16.3 Å². The lowest BCUT2D eigenvalue weighted by Gasteiger charge is -2.32. The number of piperidine rings is 1. The Morgan fingerprint density at radius 3 is 2.55 bits per heavy atom. The molecule has 0 unspecified atom stereocenters. The molecule has 1 aromatic heterocycles. The van der Waals surface area contributed by atoms with Crippen LogP contribution in [0.2, 0.25) is 5.02 Å². The Hall–Kier alpha value is -2.86. The van der Waals surface area contributed by atoms with Gasteiger partial charge >= 0.3 is 5.97 Å². The van der Waals surface area contributed by atoms with E-state index in [1.54, 1.807) is 43.5 Å². The summed E-state index contributed by atoms with van der Waals surface area (Å²) in [5.41, 5.74) is 1.49. The highest BCUT2D eigenvalue weighted by Gasteiger charge is 2.23. The van der Waals surface area contributed by atoms with Crippen LogP contribution in [-0.2, 0) is 9.53 Å². The highest BCUT2D eigenvalue weighted by molar-refractivity contribution is 6.30. The summed E-state index contributed by atoms with van der Waals surface area (Å²) < 4.78 is 4.85. The van der Waals surface area contributed by atoms with Gasteiger partial charge in [-0.2, -0.15) is 0 Å². The lowest BCUT2D eigenvalue weighted by Crippen LogP contribution is -2.42. The number of carbonyl (C=O) groups is 2. The molecule has 7 heteroatoms. The number of carbonyl (C=O) groups excluding carboxylic acids is 2. The number of benzene rings is 1. The number of nitrogens with zero attached hydrogens (tertiary/aromatic N) is 2. The summed E-state index contributed by atoms with van der Waals surface area (Å²) in [6.07, 6.45) is 6.48. The molecule has 2 aromatic rings. The minimum Gasteiger partial charge on any atom is -0.463 e. The highest BCUT2D eigenvalue weighted by Crippen LogP contribution is 2.19. The second-order valence-electron chi connectivity index (χ2n) is 6.78. The molecule has 1 fully saturated rings. The van der Waals surface area contributed by atoms with Crippen LogP contribution in [0.1, 0.15) is 35.7 Å². The van der Waals surface area contributed by atoms with Gasteiger partial charge < -0.3 is 15.0 Å². The molecule has 0 saturated carbocycles. The maximum absolute atomic E-state index is 12.6. The molecular weight excluding hydrogens is 390 g/mol. The van der Waals surface area contributed by atoms with Gasteiger partial charge in [-0.1, -0.05) is 11.6 Å². The molecule has 1 aromatic carbocycles. The van der Waals surface area contributed by atoms with Gasteiger partial charge in [-0.3, -0.25) is 4.79 Å². The normalized spacial score (nSPS) is 14.8. The van der Waals surface area contributed by atoms with Crippen LogP contribution in [0.5, 0.6) is 0 Å². The standard InChI is InChI=1S/C22H24ClN3O3/c1-2-29-21(27)10-4-16-3-9-20(24-15-16)25-19-11-13-26(14-12-19)22(28)17-5-7-18(23)8-6-17/h3-10,15,19H,2,11-14H2,1H3,(H,24,25). The predicted octanol–water partition coefficient (Wildman–Crippen LogP) is 4.03. The number of halogens is 1. The lowest BCUT2D eigenvalue weighted by molar-refractivity contribution is -0.137. The Morgan fingerprint density at radius 2 is 1.93 bits per heavy atom. The van der Waals surface area contributed by atoms with E-state index in [0.717, 1.165) is 24.2 Å². The van der Waals surface area contributed by atoms with Crippen LogP contribution in [0.15, 0.2) is 48.7 Å². The Morgan fingerprint density at radius 1 is 1.21 bits per heavy atom. The average Bonchev–Trinajstić information content (AvgIpc) is 2.74. The van der Waals surface area contributed by atoms with Crippen molar-refractivity contribution in [3.05, 3.63) is 64.8 Å². The number of nitrogens with one attached hydrogen (secondary N) is 1. The molecule has 0 radical (unpaired) electrons. The Labute approximate surface area is 175 Å². The number of hydrogen-bond donors (Lipinski definition) is 1. The van der Waals surface area contributed by atoms with Crippen LogP contribution in [-0.4, -0.2) is 47.5 Å². The molecule has 29 heavy (non-hydrogen) atoms. The van der Waals surface area contributed by atoms with E-state index in [1.807, 2.05) is 17.0 Å². The zero-order valence-electron chi connectivity index (χ0n) is 16.3. The highest BCUT2D eigenvalue weighted by atomic mass is 35.5. The zero-order valence-corrected chi connectivity index (χ0v) is 17.1. The van der Waals surface area contributed by atoms with Crippen molar-refractivity contribution >= 4 is 35.4 Å². The van der Waals surface area contributed by atoms with Crippen molar-refractivity contribution in [3.63, 3.8) is 0 Å². The largest absolute Gasteiger partial charge is 0.463 e. The minimum atomic E-state index is -0.366. The fourth-order valence-corrected chi connectivity index (χ4v) is 3.28. The van der Waals surface area contributed by atoms with Crippen molar-refractivity contribution in [2.45, 2.75) is 25.8 Å². The first-order chi connectivity index (χ1) is 14.0. The SMILES string of the molecule is CCOC(=O)C=Cc1ccc(NC2CCN(C(=O)c3ccc(Cl)cc3)CC2)nc1. The van der Waals surface area contributed by atoms with Crippen molar-refractivity contribution < 1.29 is 14.3 Å². The summed E-state index contributed by atoms with van der Waals surface area (Å²) in [7, 11) is 0. The number of hydrogen-bond acceptors (Lipinski definition) is 5. The predicted molar refractivity (Wildman–Crippen MR) is 114 cm³/mol. The quantitative estimate of drug-likeness (QED) is 0.571. The van der Waals surface area contributed by atoms with E-state index >= 15 is 0 Å². The van der Waals surface area contributed by atoms with Crippen LogP contribution in [0, 0.1) is 0 Å². The molecule has 152 valence electrons. The third-order valence-corrected chi connectivity index (χ3v) is 4.96. The molecule has 1 amide bonds. The molecule has 0 atom stereocenters. The fraction of sp³-hybridized carbons (Fsp3) is 0.318. The summed E-state index contributed by atoms with van der Waals surface area (Å²) in [6, 6.07) is 11.0. The molecule has 1 saturated heterocycles. The van der Waals surface area contributed by atoms with E-state index in [1.165, 1.54) is 6.08 Å². The Balaban J connectivity index is 1.48. The van der Waals surface area contributed by atoms with E-state index in [2.05, 4.69) is 10.3 Å². The van der Waals surface area contributed by atoms with Crippen molar-refractivity contribution in [1.29, 1.82) is 0 Å². The Bertz CT molecular complexity index is 858. The number of ether oxygens (including phenoxy) is 1. The first-order valence-corrected chi connectivity index (χ1v) is 10.0. The van der Waals surface area contributed by atoms with Gasteiger partial charge in [-0.05, 0) is 67.8 Å². The number of aromatic nitrogens is 1. The molecule has 6 nitrogen and oxygen atoms in total. The van der Waals surface area contributed by atoms with Crippen LogP contribution in [0.3, 0.4) is 0 Å². The van der Waals surface area contributed by atoms with Gasteiger partial charge in [0.15, 0.2) is 0 Å². The van der Waals surface area contributed by atoms with Gasteiger partial charge in [0.2, 0.25) is 0 Å². The van der Waals surface area contributed by atoms with Crippen LogP contribution < -0.4 is 5.32 Å². The van der Waals surface area contributed by atoms with Crippen LogP contribution in [0.4, 0.5) is 5.82 Å². The number of likely N-dealkylation sites (tertiary alicyclic amines) is 1. The molecule has 0 bridgehead atoms. The molecule has 0 aliphatic carbocycles. The monoisotopic (exact) mass is 413 g/mol. The molecule has 2 heterocycles. The van der Waals surface area contributed by atoms with Crippen LogP contribution in [0.25, 0.3) is 6.08 Å². The maximum atomic E-state index is 12.6. The van der Waals surface area contributed by atoms with Gasteiger partial charge in [-0.25, -0.2) is 9.78 Å². The second kappa shape index (κ2) is 10.1. The van der Waals surface area contributed by atoms with E-state index < -0.39 is 0 Å². The number of anilines is 1. The summed E-state index contributed by atoms with van der Waals surface area (Å²) in [5.74, 6) is 0.450. The van der Waals surface area contributed by atoms with Crippen molar-refractivity contribution in [3.8, 4) is 0 Å². The maximum Gasteiger partial charge on any atom is 0.330 e. The van der Waals surface area contributed by atoms with Gasteiger partial charge in [0.1, 0.15) is 5.82 Å². The van der Waals surface area contributed by atoms with E-state index in [-0.39, 0.29) is 17.9 Å². The van der Waals surface area contributed by atoms with Gasteiger partial charge in [0.25, 0.3) is 5.91 Å². The fourth-order valence-electron chi connectivity index (χ4n) is 3.16. The van der Waals surface area contributed by atoms with Crippen molar-refractivity contribution in [2.24, 2.45) is 0 Å². The molecule has 1 aliphatic rings. The molecule has 3 rings (SSSR count). The summed E-state index contributed by atoms with van der Waals surface area (Å²) >= 11 is 5.89. The smallest absolute Gasteiger partial charge is 0.330 e.